The average Bonchev–Trinajstić information content (AvgIpc) is 3.13. The third kappa shape index (κ3) is 4.65. The van der Waals surface area contributed by atoms with Crippen LogP contribution in [0.3, 0.4) is 0 Å². The summed E-state index contributed by atoms with van der Waals surface area (Å²) in [6.07, 6.45) is 4.92. The minimum atomic E-state index is -0.0370. The van der Waals surface area contributed by atoms with E-state index < -0.39 is 0 Å². The fourth-order valence-corrected chi connectivity index (χ4v) is 3.54. The van der Waals surface area contributed by atoms with Crippen LogP contribution in [0.15, 0.2) is 22.7 Å². The summed E-state index contributed by atoms with van der Waals surface area (Å²) in [7, 11) is 1.54. The van der Waals surface area contributed by atoms with Gasteiger partial charge in [0, 0.05) is 25.1 Å². The molecular formula is C20H24ClN3O4. The summed E-state index contributed by atoms with van der Waals surface area (Å²) in [5, 5.41) is 4.28. The van der Waals surface area contributed by atoms with Crippen molar-refractivity contribution in [2.24, 2.45) is 0 Å². The first-order chi connectivity index (χ1) is 13.5. The van der Waals surface area contributed by atoms with Crippen molar-refractivity contribution in [3.63, 3.8) is 0 Å². The van der Waals surface area contributed by atoms with Gasteiger partial charge in [0.2, 0.25) is 11.8 Å². The topological polar surface area (TPSA) is 77.7 Å². The Labute approximate surface area is 169 Å². The molecule has 8 heteroatoms. The zero-order valence-electron chi connectivity index (χ0n) is 16.3. The molecule has 0 bridgehead atoms. The summed E-state index contributed by atoms with van der Waals surface area (Å²) in [4.78, 5) is 18.7. The highest BCUT2D eigenvalue weighted by atomic mass is 35.5. The molecule has 0 spiro atoms. The smallest absolute Gasteiger partial charge is 0.246 e. The molecule has 2 aromatic rings. The first kappa shape index (κ1) is 20.2. The third-order valence-corrected chi connectivity index (χ3v) is 4.93. The molecule has 150 valence electrons. The number of piperidine rings is 1. The Morgan fingerprint density at radius 3 is 2.75 bits per heavy atom. The molecule has 1 saturated heterocycles. The van der Waals surface area contributed by atoms with E-state index in [1.165, 1.54) is 0 Å². The summed E-state index contributed by atoms with van der Waals surface area (Å²) in [5.74, 6) is 2.52. The predicted octanol–water partition coefficient (Wildman–Crippen LogP) is 3.86. The lowest BCUT2D eigenvalue weighted by Gasteiger charge is -2.29. The number of carbonyl (C=O) groups excluding carboxylic acids is 1. The van der Waals surface area contributed by atoms with Gasteiger partial charge in [0.25, 0.3) is 0 Å². The molecule has 1 aliphatic rings. The first-order valence-electron chi connectivity index (χ1n) is 9.29. The predicted molar refractivity (Wildman–Crippen MR) is 106 cm³/mol. The minimum absolute atomic E-state index is 0.0370. The Morgan fingerprint density at radius 1 is 1.39 bits per heavy atom. The van der Waals surface area contributed by atoms with Crippen molar-refractivity contribution >= 4 is 23.6 Å². The monoisotopic (exact) mass is 405 g/mol. The second-order valence-electron chi connectivity index (χ2n) is 6.58. The van der Waals surface area contributed by atoms with E-state index >= 15 is 0 Å². The summed E-state index contributed by atoms with van der Waals surface area (Å²) >= 11 is 6.26. The lowest BCUT2D eigenvalue weighted by molar-refractivity contribution is -0.127. The third-order valence-electron chi connectivity index (χ3n) is 4.65. The molecule has 1 aromatic carbocycles. The van der Waals surface area contributed by atoms with E-state index in [1.54, 1.807) is 32.3 Å². The number of likely N-dealkylation sites (tertiary alicyclic amines) is 1. The van der Waals surface area contributed by atoms with Gasteiger partial charge in [-0.05, 0) is 50.5 Å². The molecule has 2 heterocycles. The van der Waals surface area contributed by atoms with E-state index in [1.807, 2.05) is 17.9 Å². The van der Waals surface area contributed by atoms with Crippen LogP contribution in [0.25, 0.3) is 6.08 Å². The maximum Gasteiger partial charge on any atom is 0.246 e. The molecule has 0 radical (unpaired) electrons. The van der Waals surface area contributed by atoms with Crippen LogP contribution in [0.1, 0.15) is 43.0 Å². The van der Waals surface area contributed by atoms with Crippen molar-refractivity contribution in [1.82, 2.24) is 15.0 Å². The van der Waals surface area contributed by atoms with Gasteiger partial charge in [-0.2, -0.15) is 4.98 Å². The molecular weight excluding hydrogens is 382 g/mol. The van der Waals surface area contributed by atoms with Crippen LogP contribution in [0.5, 0.6) is 11.5 Å². The van der Waals surface area contributed by atoms with Gasteiger partial charge in [0.15, 0.2) is 17.3 Å². The SMILES string of the molecule is CCOc1cc(/C=C/C(=O)N2CCC(c3nc(C)no3)CC2)cc(Cl)c1OC. The van der Waals surface area contributed by atoms with Gasteiger partial charge in [-0.1, -0.05) is 16.8 Å². The molecule has 0 atom stereocenters. The quantitative estimate of drug-likeness (QED) is 0.679. The van der Waals surface area contributed by atoms with Gasteiger partial charge in [0.1, 0.15) is 0 Å². The fourth-order valence-electron chi connectivity index (χ4n) is 3.24. The molecule has 3 rings (SSSR count). The highest BCUT2D eigenvalue weighted by Crippen LogP contribution is 2.36. The van der Waals surface area contributed by atoms with Crippen LogP contribution >= 0.6 is 11.6 Å². The number of aryl methyl sites for hydroxylation is 1. The standard InChI is InChI=1S/C20H24ClN3O4/c1-4-27-17-12-14(11-16(21)19(17)26-3)5-6-18(25)24-9-7-15(8-10-24)20-22-13(2)23-28-20/h5-6,11-12,15H,4,7-10H2,1-3H3/b6-5+. The summed E-state index contributed by atoms with van der Waals surface area (Å²) in [6, 6.07) is 3.55. The largest absolute Gasteiger partial charge is 0.491 e. The molecule has 1 amide bonds. The number of benzene rings is 1. The van der Waals surface area contributed by atoms with Gasteiger partial charge in [-0.25, -0.2) is 0 Å². The van der Waals surface area contributed by atoms with Crippen molar-refractivity contribution in [1.29, 1.82) is 0 Å². The number of hydrogen-bond acceptors (Lipinski definition) is 6. The second kappa shape index (κ2) is 9.10. The van der Waals surface area contributed by atoms with Gasteiger partial charge in [-0.15, -0.1) is 0 Å². The van der Waals surface area contributed by atoms with E-state index in [0.29, 0.717) is 47.9 Å². The molecule has 0 aliphatic carbocycles. The van der Waals surface area contributed by atoms with Crippen molar-refractivity contribution in [3.05, 3.63) is 40.5 Å². The summed E-state index contributed by atoms with van der Waals surface area (Å²) < 4.78 is 16.1. The number of nitrogens with zero attached hydrogens (tertiary/aromatic N) is 3. The molecule has 1 fully saturated rings. The number of rotatable bonds is 6. The maximum atomic E-state index is 12.5. The number of methoxy groups -OCH3 is 1. The molecule has 1 aliphatic heterocycles. The molecule has 7 nitrogen and oxygen atoms in total. The van der Waals surface area contributed by atoms with Gasteiger partial charge in [-0.3, -0.25) is 4.79 Å². The molecule has 1 aromatic heterocycles. The normalized spacial score (nSPS) is 15.2. The number of amides is 1. The van der Waals surface area contributed by atoms with Crippen LogP contribution in [0.2, 0.25) is 5.02 Å². The zero-order chi connectivity index (χ0) is 20.1. The number of hydrogen-bond donors (Lipinski definition) is 0. The Bertz CT molecular complexity index is 857. The van der Waals surface area contributed by atoms with Gasteiger partial charge < -0.3 is 18.9 Å². The van der Waals surface area contributed by atoms with E-state index in [9.17, 15) is 4.79 Å². The van der Waals surface area contributed by atoms with Crippen LogP contribution in [0.4, 0.5) is 0 Å². The highest BCUT2D eigenvalue weighted by molar-refractivity contribution is 6.32. The van der Waals surface area contributed by atoms with E-state index in [0.717, 1.165) is 18.4 Å². The Kier molecular flexibility index (Phi) is 6.57. The van der Waals surface area contributed by atoms with Crippen molar-refractivity contribution < 1.29 is 18.8 Å². The van der Waals surface area contributed by atoms with Crippen LogP contribution < -0.4 is 9.47 Å². The number of halogens is 1. The van der Waals surface area contributed by atoms with Gasteiger partial charge >= 0.3 is 0 Å². The zero-order valence-corrected chi connectivity index (χ0v) is 17.0. The minimum Gasteiger partial charge on any atom is -0.491 e. The summed E-state index contributed by atoms with van der Waals surface area (Å²) in [6.45, 7) is 5.50. The molecule has 0 saturated carbocycles. The van der Waals surface area contributed by atoms with E-state index in [-0.39, 0.29) is 11.8 Å². The first-order valence-corrected chi connectivity index (χ1v) is 9.67. The Morgan fingerprint density at radius 2 is 2.14 bits per heavy atom. The van der Waals surface area contributed by atoms with Crippen LogP contribution in [0, 0.1) is 6.92 Å². The number of ether oxygens (including phenoxy) is 2. The maximum absolute atomic E-state index is 12.5. The van der Waals surface area contributed by atoms with Crippen molar-refractivity contribution in [2.45, 2.75) is 32.6 Å². The molecule has 28 heavy (non-hydrogen) atoms. The highest BCUT2D eigenvalue weighted by Gasteiger charge is 2.26. The van der Waals surface area contributed by atoms with Crippen molar-refractivity contribution in [2.75, 3.05) is 26.8 Å². The number of carbonyl (C=O) groups is 1. The van der Waals surface area contributed by atoms with E-state index in [2.05, 4.69) is 10.1 Å². The van der Waals surface area contributed by atoms with Gasteiger partial charge in [0.05, 0.1) is 18.7 Å². The molecule has 0 unspecified atom stereocenters. The average molecular weight is 406 g/mol. The second-order valence-corrected chi connectivity index (χ2v) is 6.99. The Balaban J connectivity index is 1.62. The summed E-state index contributed by atoms with van der Waals surface area (Å²) in [5.41, 5.74) is 0.777. The lowest BCUT2D eigenvalue weighted by Crippen LogP contribution is -2.36. The lowest BCUT2D eigenvalue weighted by atomic mass is 9.96. The van der Waals surface area contributed by atoms with E-state index in [4.69, 9.17) is 25.6 Å². The van der Waals surface area contributed by atoms with Crippen LogP contribution in [-0.4, -0.2) is 47.8 Å². The molecule has 0 N–H and O–H groups in total. The Hall–Kier alpha value is -2.54. The van der Waals surface area contributed by atoms with Crippen LogP contribution in [-0.2, 0) is 4.79 Å². The van der Waals surface area contributed by atoms with Crippen molar-refractivity contribution in [3.8, 4) is 11.5 Å². The fraction of sp³-hybridized carbons (Fsp3) is 0.450. The number of aromatic nitrogens is 2.